The molecular weight excluding hydrogens is 354 g/mol. The van der Waals surface area contributed by atoms with Gasteiger partial charge in [0.1, 0.15) is 5.75 Å². The first-order valence-electron chi connectivity index (χ1n) is 8.13. The summed E-state index contributed by atoms with van der Waals surface area (Å²) in [5.74, 6) is 1.43. The highest BCUT2D eigenvalue weighted by Gasteiger charge is 2.14. The molecule has 0 atom stereocenters. The van der Waals surface area contributed by atoms with Crippen LogP contribution in [0.4, 0.5) is 0 Å². The van der Waals surface area contributed by atoms with Crippen LogP contribution in [0.25, 0.3) is 11.5 Å². The van der Waals surface area contributed by atoms with Crippen LogP contribution in [0.1, 0.15) is 5.82 Å². The number of carbonyl (C=O) groups excluding carboxylic acids is 1. The zero-order valence-corrected chi connectivity index (χ0v) is 15.0. The van der Waals surface area contributed by atoms with E-state index in [2.05, 4.69) is 10.1 Å². The topological polar surface area (TPSA) is 68.5 Å². The molecule has 0 spiro atoms. The molecule has 2 aromatic carbocycles. The van der Waals surface area contributed by atoms with Crippen molar-refractivity contribution in [3.8, 4) is 17.2 Å². The number of para-hydroxylation sites is 1. The maximum Gasteiger partial charge on any atom is 0.260 e. The van der Waals surface area contributed by atoms with E-state index < -0.39 is 0 Å². The van der Waals surface area contributed by atoms with Gasteiger partial charge in [0.15, 0.2) is 12.4 Å². The minimum Gasteiger partial charge on any atom is -0.484 e. The van der Waals surface area contributed by atoms with Gasteiger partial charge in [0, 0.05) is 20.0 Å². The monoisotopic (exact) mass is 371 g/mol. The number of aromatic nitrogens is 2. The molecule has 3 rings (SSSR count). The van der Waals surface area contributed by atoms with Crippen molar-refractivity contribution in [1.82, 2.24) is 15.0 Å². The second-order valence-corrected chi connectivity index (χ2v) is 6.07. The summed E-state index contributed by atoms with van der Waals surface area (Å²) >= 11 is 6.13. The first kappa shape index (κ1) is 17.9. The van der Waals surface area contributed by atoms with Crippen molar-refractivity contribution in [1.29, 1.82) is 0 Å². The summed E-state index contributed by atoms with van der Waals surface area (Å²) in [6.45, 7) is 0.441. The third-order valence-corrected chi connectivity index (χ3v) is 4.10. The molecule has 0 saturated heterocycles. The summed E-state index contributed by atoms with van der Waals surface area (Å²) in [4.78, 5) is 18.0. The predicted molar refractivity (Wildman–Crippen MR) is 98.0 cm³/mol. The Kier molecular flexibility index (Phi) is 5.86. The average molecular weight is 372 g/mol. The zero-order chi connectivity index (χ0) is 18.4. The van der Waals surface area contributed by atoms with E-state index in [0.29, 0.717) is 41.0 Å². The van der Waals surface area contributed by atoms with Crippen LogP contribution < -0.4 is 4.74 Å². The number of ether oxygens (including phenoxy) is 1. The van der Waals surface area contributed by atoms with Gasteiger partial charge in [-0.2, -0.15) is 4.98 Å². The Morgan fingerprint density at radius 1 is 1.15 bits per heavy atom. The van der Waals surface area contributed by atoms with Gasteiger partial charge in [0.05, 0.1) is 10.6 Å². The zero-order valence-electron chi connectivity index (χ0n) is 14.3. The Balaban J connectivity index is 1.51. The van der Waals surface area contributed by atoms with Crippen LogP contribution in [0.2, 0.25) is 5.02 Å². The smallest absolute Gasteiger partial charge is 0.260 e. The van der Waals surface area contributed by atoms with E-state index in [9.17, 15) is 4.79 Å². The minimum absolute atomic E-state index is 0.0162. The van der Waals surface area contributed by atoms with E-state index in [4.69, 9.17) is 20.9 Å². The second kappa shape index (κ2) is 8.49. The van der Waals surface area contributed by atoms with Gasteiger partial charge >= 0.3 is 0 Å². The fraction of sp³-hybridized carbons (Fsp3) is 0.211. The highest BCUT2D eigenvalue weighted by atomic mass is 35.5. The van der Waals surface area contributed by atoms with Crippen molar-refractivity contribution in [2.24, 2.45) is 0 Å². The van der Waals surface area contributed by atoms with Gasteiger partial charge < -0.3 is 14.2 Å². The standard InChI is InChI=1S/C19H18ClN3O3/c1-23(18(24)13-25-14-7-3-2-4-8-14)12-11-17-21-19(26-22-17)15-9-5-6-10-16(15)20/h2-10H,11-13H2,1H3. The largest absolute Gasteiger partial charge is 0.484 e. The highest BCUT2D eigenvalue weighted by Crippen LogP contribution is 2.25. The lowest BCUT2D eigenvalue weighted by Crippen LogP contribution is -2.33. The van der Waals surface area contributed by atoms with Gasteiger partial charge in [-0.1, -0.05) is 47.1 Å². The number of hydrogen-bond donors (Lipinski definition) is 0. The Hall–Kier alpha value is -2.86. The van der Waals surface area contributed by atoms with E-state index in [1.165, 1.54) is 0 Å². The fourth-order valence-corrected chi connectivity index (χ4v) is 2.48. The third kappa shape index (κ3) is 4.61. The lowest BCUT2D eigenvalue weighted by Gasteiger charge is -2.16. The molecule has 0 aliphatic carbocycles. The van der Waals surface area contributed by atoms with Crippen LogP contribution in [0.5, 0.6) is 5.75 Å². The molecule has 6 nitrogen and oxygen atoms in total. The average Bonchev–Trinajstić information content (AvgIpc) is 3.14. The molecule has 3 aromatic rings. The second-order valence-electron chi connectivity index (χ2n) is 5.66. The van der Waals surface area contributed by atoms with Gasteiger partial charge in [-0.25, -0.2) is 0 Å². The summed E-state index contributed by atoms with van der Waals surface area (Å²) in [7, 11) is 1.71. The maximum atomic E-state index is 12.1. The van der Waals surface area contributed by atoms with Gasteiger partial charge in [0.25, 0.3) is 11.8 Å². The van der Waals surface area contributed by atoms with Crippen LogP contribution >= 0.6 is 11.6 Å². The molecule has 0 aliphatic heterocycles. The molecule has 7 heteroatoms. The van der Waals surface area contributed by atoms with Gasteiger partial charge in [0.2, 0.25) is 0 Å². The van der Waals surface area contributed by atoms with E-state index in [1.54, 1.807) is 18.0 Å². The molecule has 134 valence electrons. The molecule has 0 saturated carbocycles. The number of amides is 1. The number of carbonyl (C=O) groups is 1. The molecule has 0 aliphatic rings. The van der Waals surface area contributed by atoms with Gasteiger partial charge in [-0.15, -0.1) is 0 Å². The van der Waals surface area contributed by atoms with Crippen LogP contribution in [0.15, 0.2) is 59.1 Å². The molecular formula is C19H18ClN3O3. The predicted octanol–water partition coefficient (Wildman–Crippen LogP) is 3.47. The van der Waals surface area contributed by atoms with E-state index in [0.717, 1.165) is 0 Å². The highest BCUT2D eigenvalue weighted by molar-refractivity contribution is 6.33. The van der Waals surface area contributed by atoms with Crippen LogP contribution in [-0.4, -0.2) is 41.1 Å². The fourth-order valence-electron chi connectivity index (χ4n) is 2.26. The molecule has 1 amide bonds. The van der Waals surface area contributed by atoms with E-state index in [1.807, 2.05) is 48.5 Å². The van der Waals surface area contributed by atoms with Gasteiger partial charge in [-0.3, -0.25) is 4.79 Å². The van der Waals surface area contributed by atoms with Crippen molar-refractivity contribution in [3.63, 3.8) is 0 Å². The molecule has 0 unspecified atom stereocenters. The summed E-state index contributed by atoms with van der Waals surface area (Å²) in [5.41, 5.74) is 0.689. The molecule has 0 radical (unpaired) electrons. The van der Waals surface area contributed by atoms with Crippen molar-refractivity contribution in [2.45, 2.75) is 6.42 Å². The lowest BCUT2D eigenvalue weighted by atomic mass is 10.2. The number of nitrogens with zero attached hydrogens (tertiary/aromatic N) is 3. The number of likely N-dealkylation sites (N-methyl/N-ethyl adjacent to an activating group) is 1. The molecule has 1 aromatic heterocycles. The Morgan fingerprint density at radius 3 is 2.65 bits per heavy atom. The summed E-state index contributed by atoms with van der Waals surface area (Å²) in [6, 6.07) is 16.5. The number of rotatable bonds is 7. The number of hydrogen-bond acceptors (Lipinski definition) is 5. The quantitative estimate of drug-likeness (QED) is 0.636. The molecule has 0 N–H and O–H groups in total. The van der Waals surface area contributed by atoms with E-state index in [-0.39, 0.29) is 12.5 Å². The molecule has 0 fully saturated rings. The first-order chi connectivity index (χ1) is 12.6. The normalized spacial score (nSPS) is 10.5. The van der Waals surface area contributed by atoms with Crippen molar-refractivity contribution < 1.29 is 14.1 Å². The van der Waals surface area contributed by atoms with Crippen molar-refractivity contribution >= 4 is 17.5 Å². The molecule has 0 bridgehead atoms. The maximum absolute atomic E-state index is 12.1. The number of halogens is 1. The lowest BCUT2D eigenvalue weighted by molar-refractivity contribution is -0.132. The summed E-state index contributed by atoms with van der Waals surface area (Å²) in [5, 5.41) is 4.49. The minimum atomic E-state index is -0.122. The molecule has 26 heavy (non-hydrogen) atoms. The van der Waals surface area contributed by atoms with Crippen LogP contribution in [0.3, 0.4) is 0 Å². The summed E-state index contributed by atoms with van der Waals surface area (Å²) < 4.78 is 10.7. The Bertz CT molecular complexity index is 867. The SMILES string of the molecule is CN(CCc1noc(-c2ccccc2Cl)n1)C(=O)COc1ccccc1. The van der Waals surface area contributed by atoms with Gasteiger partial charge in [-0.05, 0) is 24.3 Å². The van der Waals surface area contributed by atoms with Crippen LogP contribution in [-0.2, 0) is 11.2 Å². The van der Waals surface area contributed by atoms with Crippen LogP contribution in [0, 0.1) is 0 Å². The first-order valence-corrected chi connectivity index (χ1v) is 8.50. The van der Waals surface area contributed by atoms with Crippen molar-refractivity contribution in [3.05, 3.63) is 65.4 Å². The van der Waals surface area contributed by atoms with Crippen molar-refractivity contribution in [2.75, 3.05) is 20.2 Å². The number of benzene rings is 2. The molecule has 1 heterocycles. The summed E-state index contributed by atoms with van der Waals surface area (Å²) in [6.07, 6.45) is 0.474. The van der Waals surface area contributed by atoms with E-state index >= 15 is 0 Å². The Morgan fingerprint density at radius 2 is 1.88 bits per heavy atom. The Labute approximate surface area is 156 Å². The third-order valence-electron chi connectivity index (χ3n) is 3.77.